The molecule has 5 nitrogen and oxygen atoms in total. The molecule has 24 heavy (non-hydrogen) atoms. The number of aromatic amines is 1. The first kappa shape index (κ1) is 16.9. The van der Waals surface area contributed by atoms with E-state index < -0.39 is 0 Å². The van der Waals surface area contributed by atoms with E-state index >= 15 is 0 Å². The Hall–Kier alpha value is -1.99. The average molecular weight is 451 g/mol. The van der Waals surface area contributed by atoms with E-state index in [4.69, 9.17) is 0 Å². The molecule has 0 bridgehead atoms. The molecule has 1 aromatic heterocycles. The second-order valence-corrected chi connectivity index (χ2v) is 6.97. The van der Waals surface area contributed by atoms with Crippen molar-refractivity contribution in [2.45, 2.75) is 12.8 Å². The zero-order valence-electron chi connectivity index (χ0n) is 12.5. The van der Waals surface area contributed by atoms with Crippen LogP contribution in [0.5, 0.6) is 0 Å². The lowest BCUT2D eigenvalue weighted by atomic mass is 10.2. The largest absolute Gasteiger partial charge is 0.325 e. The number of carbonyl (C=O) groups excluding carboxylic acids is 1. The van der Waals surface area contributed by atoms with Crippen LogP contribution in [0.15, 0.2) is 56.2 Å². The maximum Gasteiger partial charge on any atom is 0.258 e. The maximum absolute atomic E-state index is 12.1. The van der Waals surface area contributed by atoms with Crippen molar-refractivity contribution in [1.82, 2.24) is 9.97 Å². The van der Waals surface area contributed by atoms with Gasteiger partial charge in [-0.05, 0) is 46.3 Å². The monoisotopic (exact) mass is 449 g/mol. The maximum atomic E-state index is 12.1. The van der Waals surface area contributed by atoms with Gasteiger partial charge < -0.3 is 10.3 Å². The molecule has 2 N–H and O–H groups in total. The summed E-state index contributed by atoms with van der Waals surface area (Å²) >= 11 is 6.77. The number of hydrogen-bond donors (Lipinski definition) is 2. The number of amides is 1. The number of nitrogens with zero attached hydrogens (tertiary/aromatic N) is 1. The van der Waals surface area contributed by atoms with Gasteiger partial charge in [0.25, 0.3) is 5.56 Å². The molecular formula is C17H13Br2N3O2. The van der Waals surface area contributed by atoms with Crippen LogP contribution in [0.4, 0.5) is 5.69 Å². The summed E-state index contributed by atoms with van der Waals surface area (Å²) in [4.78, 5) is 31.2. The fraction of sp³-hybridized carbons (Fsp3) is 0.118. The Kier molecular flexibility index (Phi) is 5.11. The number of benzene rings is 2. The summed E-state index contributed by atoms with van der Waals surface area (Å²) < 4.78 is 1.72. The van der Waals surface area contributed by atoms with Crippen LogP contribution >= 0.6 is 31.9 Å². The van der Waals surface area contributed by atoms with Crippen LogP contribution in [0, 0.1) is 0 Å². The Morgan fingerprint density at radius 3 is 2.75 bits per heavy atom. The van der Waals surface area contributed by atoms with Crippen LogP contribution in [-0.4, -0.2) is 15.9 Å². The van der Waals surface area contributed by atoms with Crippen molar-refractivity contribution >= 4 is 54.4 Å². The molecule has 1 amide bonds. The number of aromatic nitrogens is 2. The first-order chi connectivity index (χ1) is 11.5. The fourth-order valence-electron chi connectivity index (χ4n) is 2.29. The topological polar surface area (TPSA) is 74.8 Å². The predicted molar refractivity (Wildman–Crippen MR) is 101 cm³/mol. The van der Waals surface area contributed by atoms with Gasteiger partial charge in [-0.15, -0.1) is 0 Å². The van der Waals surface area contributed by atoms with Gasteiger partial charge in [-0.25, -0.2) is 4.98 Å². The molecule has 0 spiro atoms. The van der Waals surface area contributed by atoms with Gasteiger partial charge in [-0.2, -0.15) is 0 Å². The van der Waals surface area contributed by atoms with E-state index in [2.05, 4.69) is 47.1 Å². The Balaban J connectivity index is 1.69. The smallest absolute Gasteiger partial charge is 0.258 e. The summed E-state index contributed by atoms with van der Waals surface area (Å²) in [7, 11) is 0. The highest BCUT2D eigenvalue weighted by Gasteiger charge is 2.09. The number of halogens is 2. The van der Waals surface area contributed by atoms with Crippen LogP contribution in [0.25, 0.3) is 10.9 Å². The van der Waals surface area contributed by atoms with E-state index in [-0.39, 0.29) is 17.9 Å². The minimum atomic E-state index is -0.188. The summed E-state index contributed by atoms with van der Waals surface area (Å²) in [6, 6.07) is 12.7. The highest BCUT2D eigenvalue weighted by atomic mass is 79.9. The Morgan fingerprint density at radius 1 is 1.17 bits per heavy atom. The van der Waals surface area contributed by atoms with Crippen molar-refractivity contribution < 1.29 is 4.79 Å². The summed E-state index contributed by atoms with van der Waals surface area (Å²) in [6.45, 7) is 0. The molecule has 1 heterocycles. The molecule has 0 aliphatic heterocycles. The molecule has 122 valence electrons. The number of rotatable bonds is 4. The van der Waals surface area contributed by atoms with E-state index in [0.717, 1.165) is 8.95 Å². The molecule has 0 aliphatic carbocycles. The summed E-state index contributed by atoms with van der Waals surface area (Å²) in [5, 5.41) is 3.38. The van der Waals surface area contributed by atoms with Crippen LogP contribution in [0.2, 0.25) is 0 Å². The van der Waals surface area contributed by atoms with E-state index in [0.29, 0.717) is 28.8 Å². The number of carbonyl (C=O) groups is 1. The Bertz CT molecular complexity index is 969. The van der Waals surface area contributed by atoms with Gasteiger partial charge in [0.2, 0.25) is 5.91 Å². The summed E-state index contributed by atoms with van der Waals surface area (Å²) in [6.07, 6.45) is 0.587. The zero-order valence-corrected chi connectivity index (χ0v) is 15.6. The van der Waals surface area contributed by atoms with E-state index in [1.807, 2.05) is 24.3 Å². The van der Waals surface area contributed by atoms with Gasteiger partial charge in [-0.1, -0.05) is 28.1 Å². The van der Waals surface area contributed by atoms with Crippen molar-refractivity contribution in [3.8, 4) is 0 Å². The van der Waals surface area contributed by atoms with Gasteiger partial charge in [0.15, 0.2) is 0 Å². The number of H-pyrrole nitrogens is 1. The van der Waals surface area contributed by atoms with Crippen molar-refractivity contribution in [1.29, 1.82) is 0 Å². The molecule has 0 radical (unpaired) electrons. The lowest BCUT2D eigenvalue weighted by Gasteiger charge is -2.08. The molecule has 2 aromatic carbocycles. The van der Waals surface area contributed by atoms with Crippen LogP contribution in [0.3, 0.4) is 0 Å². The first-order valence-corrected chi connectivity index (χ1v) is 8.84. The first-order valence-electron chi connectivity index (χ1n) is 7.26. The Labute approximate surface area is 154 Å². The number of para-hydroxylation sites is 1. The third-order valence-corrected chi connectivity index (χ3v) is 4.61. The number of nitrogens with one attached hydrogen (secondary N) is 2. The van der Waals surface area contributed by atoms with Gasteiger partial charge in [0.05, 0.1) is 16.6 Å². The lowest BCUT2D eigenvalue weighted by molar-refractivity contribution is -0.116. The minimum Gasteiger partial charge on any atom is -0.325 e. The summed E-state index contributed by atoms with van der Waals surface area (Å²) in [5.41, 5.74) is 1.14. The fourth-order valence-corrected chi connectivity index (χ4v) is 3.43. The molecule has 3 aromatic rings. The molecule has 0 fully saturated rings. The predicted octanol–water partition coefficient (Wildman–Crippen LogP) is 4.02. The van der Waals surface area contributed by atoms with E-state index in [9.17, 15) is 9.59 Å². The molecule has 3 rings (SSSR count). The van der Waals surface area contributed by atoms with Crippen molar-refractivity contribution in [3.63, 3.8) is 0 Å². The minimum absolute atomic E-state index is 0.145. The SMILES string of the molecule is O=C(CCc1nc2ccccc2c(=O)[nH]1)Nc1ccc(Br)cc1Br. The van der Waals surface area contributed by atoms with Gasteiger partial charge >= 0.3 is 0 Å². The second kappa shape index (κ2) is 7.27. The van der Waals surface area contributed by atoms with E-state index in [1.54, 1.807) is 18.2 Å². The average Bonchev–Trinajstić information content (AvgIpc) is 2.56. The van der Waals surface area contributed by atoms with Crippen LogP contribution < -0.4 is 10.9 Å². The van der Waals surface area contributed by atoms with Crippen molar-refractivity contribution in [2.75, 3.05) is 5.32 Å². The standard InChI is InChI=1S/C17H13Br2N3O2/c18-10-5-6-14(12(19)9-10)21-16(23)8-7-15-20-13-4-2-1-3-11(13)17(24)22-15/h1-6,9H,7-8H2,(H,21,23)(H,20,22,24). The normalized spacial score (nSPS) is 10.8. The van der Waals surface area contributed by atoms with Gasteiger partial charge in [0, 0.05) is 21.8 Å². The number of anilines is 1. The van der Waals surface area contributed by atoms with Crippen LogP contribution in [-0.2, 0) is 11.2 Å². The van der Waals surface area contributed by atoms with Gasteiger partial charge in [-0.3, -0.25) is 9.59 Å². The number of hydrogen-bond acceptors (Lipinski definition) is 3. The molecule has 0 unspecified atom stereocenters. The zero-order chi connectivity index (χ0) is 17.1. The third kappa shape index (κ3) is 3.91. The molecule has 0 aliphatic rings. The highest BCUT2D eigenvalue weighted by molar-refractivity contribution is 9.11. The van der Waals surface area contributed by atoms with E-state index in [1.165, 1.54) is 0 Å². The molecule has 0 saturated heterocycles. The van der Waals surface area contributed by atoms with Crippen molar-refractivity contribution in [2.24, 2.45) is 0 Å². The second-order valence-electron chi connectivity index (χ2n) is 5.20. The molecule has 7 heteroatoms. The quantitative estimate of drug-likeness (QED) is 0.630. The highest BCUT2D eigenvalue weighted by Crippen LogP contribution is 2.26. The Morgan fingerprint density at radius 2 is 1.96 bits per heavy atom. The van der Waals surface area contributed by atoms with Crippen molar-refractivity contribution in [3.05, 3.63) is 67.6 Å². The lowest BCUT2D eigenvalue weighted by Crippen LogP contribution is -2.16. The molecular weight excluding hydrogens is 438 g/mol. The third-order valence-electron chi connectivity index (χ3n) is 3.46. The molecule has 0 saturated carbocycles. The van der Waals surface area contributed by atoms with Gasteiger partial charge in [0.1, 0.15) is 5.82 Å². The summed E-state index contributed by atoms with van der Waals surface area (Å²) in [5.74, 6) is 0.359. The number of fused-ring (bicyclic) bond motifs is 1. The molecule has 0 atom stereocenters. The van der Waals surface area contributed by atoms with Crippen LogP contribution in [0.1, 0.15) is 12.2 Å². The number of aryl methyl sites for hydroxylation is 1.